The number of primary amides is 1. The average molecular weight is 578 g/mol. The summed E-state index contributed by atoms with van der Waals surface area (Å²) in [5.41, 5.74) is 3.19. The number of allylic oxidation sites excluding steroid dienone is 1. The molecule has 3 aliphatic rings. The normalized spacial score (nSPS) is 25.2. The summed E-state index contributed by atoms with van der Waals surface area (Å²) in [4.78, 5) is 54.4. The number of hydrogen-bond acceptors (Lipinski definition) is 10. The van der Waals surface area contributed by atoms with Gasteiger partial charge < -0.3 is 36.2 Å². The van der Waals surface area contributed by atoms with Crippen LogP contribution in [0, 0.1) is 11.8 Å². The number of likely N-dealkylation sites (N-methyl/N-ethyl adjacent to an activating group) is 1. The molecule has 12 nitrogen and oxygen atoms in total. The molecule has 0 saturated carbocycles. The van der Waals surface area contributed by atoms with Crippen LogP contribution in [0.15, 0.2) is 53.0 Å². The van der Waals surface area contributed by atoms with Gasteiger partial charge in [0.2, 0.25) is 5.78 Å². The molecule has 2 aromatic carbocycles. The number of carboxylic acids is 1. The summed E-state index contributed by atoms with van der Waals surface area (Å²) in [7, 11) is 6.65. The Morgan fingerprint density at radius 1 is 1.02 bits per heavy atom. The minimum atomic E-state index is -2.73. The highest BCUT2D eigenvalue weighted by Crippen LogP contribution is 2.54. The van der Waals surface area contributed by atoms with Gasteiger partial charge >= 0.3 is 5.97 Å². The number of aliphatic hydroxyl groups excluding tert-OH is 2. The van der Waals surface area contributed by atoms with Gasteiger partial charge in [0.25, 0.3) is 5.91 Å². The monoisotopic (exact) mass is 577 g/mol. The van der Waals surface area contributed by atoms with E-state index in [0.29, 0.717) is 16.8 Å². The maximum Gasteiger partial charge on any atom is 0.335 e. The number of rotatable bonds is 5. The molecule has 42 heavy (non-hydrogen) atoms. The van der Waals surface area contributed by atoms with Gasteiger partial charge in [0, 0.05) is 36.8 Å². The van der Waals surface area contributed by atoms with Gasteiger partial charge in [-0.25, -0.2) is 4.79 Å². The fraction of sp³-hybridized carbons (Fsp3) is 0.333. The third kappa shape index (κ3) is 3.90. The van der Waals surface area contributed by atoms with Crippen LogP contribution in [-0.4, -0.2) is 93.7 Å². The van der Waals surface area contributed by atoms with Crippen LogP contribution in [-0.2, 0) is 16.0 Å². The average Bonchev–Trinajstić information content (AvgIpc) is 2.90. The lowest BCUT2D eigenvalue weighted by molar-refractivity contribution is -0.148. The maximum absolute atomic E-state index is 14.1. The number of carbonyl (C=O) groups excluding carboxylic acids is 3. The molecule has 4 atom stereocenters. The van der Waals surface area contributed by atoms with Crippen LogP contribution in [0.25, 0.3) is 11.1 Å². The lowest BCUT2D eigenvalue weighted by Crippen LogP contribution is -2.63. The molecule has 2 aromatic rings. The van der Waals surface area contributed by atoms with Gasteiger partial charge in [0.15, 0.2) is 11.4 Å². The fourth-order valence-electron chi connectivity index (χ4n) is 6.71. The molecule has 0 aliphatic heterocycles. The maximum atomic E-state index is 14.1. The summed E-state index contributed by atoms with van der Waals surface area (Å²) < 4.78 is 0. The first kappa shape index (κ1) is 28.8. The van der Waals surface area contributed by atoms with Gasteiger partial charge in [-0.3, -0.25) is 19.3 Å². The number of anilines is 1. The van der Waals surface area contributed by atoms with Crippen molar-refractivity contribution in [3.05, 3.63) is 69.7 Å². The molecule has 1 amide bonds. The summed E-state index contributed by atoms with van der Waals surface area (Å²) in [5.74, 6) is -8.32. The van der Waals surface area contributed by atoms with Gasteiger partial charge in [-0.05, 0) is 62.2 Å². The Labute approximate surface area is 240 Å². The Balaban J connectivity index is 1.73. The van der Waals surface area contributed by atoms with Crippen molar-refractivity contribution in [2.45, 2.75) is 24.5 Å². The number of carbonyl (C=O) groups is 4. The van der Waals surface area contributed by atoms with E-state index in [4.69, 9.17) is 5.73 Å². The number of nitrogens with zero attached hydrogens (tertiary/aromatic N) is 2. The van der Waals surface area contributed by atoms with Crippen molar-refractivity contribution in [1.82, 2.24) is 4.90 Å². The molecule has 220 valence electrons. The van der Waals surface area contributed by atoms with Crippen LogP contribution in [0.5, 0.6) is 5.75 Å². The number of carboxylic acid groups (broad SMARTS) is 1. The van der Waals surface area contributed by atoms with Crippen LogP contribution in [0.4, 0.5) is 5.69 Å². The number of aromatic carboxylic acids is 1. The van der Waals surface area contributed by atoms with Crippen LogP contribution >= 0.6 is 0 Å². The third-order valence-corrected chi connectivity index (χ3v) is 8.62. The van der Waals surface area contributed by atoms with Crippen molar-refractivity contribution in [2.24, 2.45) is 17.6 Å². The van der Waals surface area contributed by atoms with Crippen molar-refractivity contribution in [3.63, 3.8) is 0 Å². The highest BCUT2D eigenvalue weighted by molar-refractivity contribution is 6.25. The summed E-state index contributed by atoms with van der Waals surface area (Å²) in [6, 6.07) is 6.34. The molecule has 0 aromatic heterocycles. The summed E-state index contributed by atoms with van der Waals surface area (Å²) in [6.07, 6.45) is 0.131. The van der Waals surface area contributed by atoms with Crippen molar-refractivity contribution in [2.75, 3.05) is 33.1 Å². The number of aliphatic hydroxyl groups is 3. The van der Waals surface area contributed by atoms with Gasteiger partial charge in [-0.2, -0.15) is 0 Å². The summed E-state index contributed by atoms with van der Waals surface area (Å²) >= 11 is 0. The first-order valence-corrected chi connectivity index (χ1v) is 13.2. The minimum Gasteiger partial charge on any atom is -0.510 e. The second-order valence-electron chi connectivity index (χ2n) is 11.4. The number of fused-ring (bicyclic) bond motifs is 3. The van der Waals surface area contributed by atoms with E-state index in [0.717, 1.165) is 0 Å². The quantitative estimate of drug-likeness (QED) is 0.282. The van der Waals surface area contributed by atoms with E-state index in [2.05, 4.69) is 0 Å². The molecule has 0 spiro atoms. The highest BCUT2D eigenvalue weighted by Gasteiger charge is 2.63. The van der Waals surface area contributed by atoms with Crippen molar-refractivity contribution < 1.29 is 44.7 Å². The molecule has 0 bridgehead atoms. The topological polar surface area (TPSA) is 202 Å². The number of hydrogen-bond donors (Lipinski definition) is 6. The smallest absolute Gasteiger partial charge is 0.335 e. The number of phenols is 1. The highest BCUT2D eigenvalue weighted by atomic mass is 16.4. The Bertz CT molecular complexity index is 1640. The second kappa shape index (κ2) is 9.71. The van der Waals surface area contributed by atoms with Crippen LogP contribution in [0.2, 0.25) is 0 Å². The van der Waals surface area contributed by atoms with Gasteiger partial charge in [-0.1, -0.05) is 12.1 Å². The van der Waals surface area contributed by atoms with Crippen LogP contribution in [0.3, 0.4) is 0 Å². The zero-order valence-corrected chi connectivity index (χ0v) is 23.4. The lowest BCUT2D eigenvalue weighted by Gasteiger charge is -2.50. The molecule has 0 heterocycles. The van der Waals surface area contributed by atoms with Crippen molar-refractivity contribution in [3.8, 4) is 16.9 Å². The molecule has 0 saturated heterocycles. The number of aromatic hydroxyl groups is 1. The standard InChI is InChI=1S/C30H31N3O9/c1-32(2)18-11-15(12-5-7-13(8-6-12)29(40)41)23(34)20-16(18)9-14-10-17-22(33(3)4)25(36)21(28(31)39)27(38)30(17,42)26(37)19(14)24(20)35/h5-8,11,14,17,22,34,36-37,42H,9-10H2,1-4H3,(H2,31,39)(H,40,41)/t14-,17-,22-,30-/m1/s1. The van der Waals surface area contributed by atoms with E-state index < -0.39 is 69.8 Å². The van der Waals surface area contributed by atoms with E-state index in [1.807, 2.05) is 0 Å². The Kier molecular flexibility index (Phi) is 6.66. The number of benzene rings is 2. The Morgan fingerprint density at radius 2 is 1.64 bits per heavy atom. The Morgan fingerprint density at radius 3 is 2.17 bits per heavy atom. The van der Waals surface area contributed by atoms with E-state index in [1.165, 1.54) is 29.2 Å². The number of Topliss-reactive ketones (excluding diaryl/α,β-unsaturated/α-hetero) is 2. The molecular formula is C30H31N3O9. The van der Waals surface area contributed by atoms with Gasteiger partial charge in [0.05, 0.1) is 17.2 Å². The third-order valence-electron chi connectivity index (χ3n) is 8.62. The summed E-state index contributed by atoms with van der Waals surface area (Å²) in [5, 5.41) is 54.9. The molecule has 0 unspecified atom stereocenters. The zero-order chi connectivity index (χ0) is 31.0. The predicted molar refractivity (Wildman–Crippen MR) is 150 cm³/mol. The van der Waals surface area contributed by atoms with Crippen LogP contribution < -0.4 is 10.6 Å². The number of phenolic OH excluding ortho intramolecular Hbond substituents is 1. The number of ketones is 2. The molecular weight excluding hydrogens is 546 g/mol. The van der Waals surface area contributed by atoms with Gasteiger partial charge in [-0.15, -0.1) is 0 Å². The van der Waals surface area contributed by atoms with E-state index in [1.54, 1.807) is 39.2 Å². The summed E-state index contributed by atoms with van der Waals surface area (Å²) in [6.45, 7) is 0. The number of nitrogens with two attached hydrogens (primary N) is 1. The van der Waals surface area contributed by atoms with Gasteiger partial charge in [0.1, 0.15) is 22.8 Å². The second-order valence-corrected chi connectivity index (χ2v) is 11.4. The number of amides is 1. The first-order valence-electron chi connectivity index (χ1n) is 13.2. The predicted octanol–water partition coefficient (Wildman–Crippen LogP) is 1.55. The molecule has 5 rings (SSSR count). The fourth-order valence-corrected chi connectivity index (χ4v) is 6.71. The molecule has 7 N–H and O–H groups in total. The zero-order valence-electron chi connectivity index (χ0n) is 23.4. The Hall–Kier alpha value is -4.68. The molecule has 12 heteroatoms. The molecule has 0 fully saturated rings. The van der Waals surface area contributed by atoms with E-state index in [9.17, 15) is 44.7 Å². The molecule has 0 radical (unpaired) electrons. The van der Waals surface area contributed by atoms with E-state index in [-0.39, 0.29) is 35.1 Å². The lowest BCUT2D eigenvalue weighted by atomic mass is 9.58. The SMILES string of the molecule is CN(C)c1cc(-c2ccc(C(=O)O)cc2)c(O)c2c1C[C@@H]1C[C@@H]3[C@@H](N(C)C)C(O)=C(C(N)=O)C(=O)[C@]3(O)C(O)=C1C2=O. The largest absolute Gasteiger partial charge is 0.510 e. The van der Waals surface area contributed by atoms with Crippen molar-refractivity contribution in [1.29, 1.82) is 0 Å². The van der Waals surface area contributed by atoms with Crippen LogP contribution in [0.1, 0.15) is 32.7 Å². The van der Waals surface area contributed by atoms with Crippen molar-refractivity contribution >= 4 is 29.1 Å². The molecule has 3 aliphatic carbocycles. The first-order chi connectivity index (χ1) is 19.6. The van der Waals surface area contributed by atoms with E-state index >= 15 is 0 Å². The minimum absolute atomic E-state index is 0.0161.